The monoisotopic (exact) mass is 377 g/mol. The Hall–Kier alpha value is -2.39. The highest BCUT2D eigenvalue weighted by atomic mass is 32.2. The Morgan fingerprint density at radius 3 is 2.85 bits per heavy atom. The zero-order valence-corrected chi connectivity index (χ0v) is 15.0. The number of carbonyl (C=O) groups is 1. The van der Waals surface area contributed by atoms with Gasteiger partial charge in [-0.15, -0.1) is 0 Å². The van der Waals surface area contributed by atoms with Crippen molar-refractivity contribution in [1.82, 2.24) is 24.5 Å². The first-order chi connectivity index (χ1) is 12.3. The molecule has 0 saturated carbocycles. The van der Waals surface area contributed by atoms with Crippen molar-refractivity contribution in [1.29, 1.82) is 0 Å². The van der Waals surface area contributed by atoms with Crippen LogP contribution in [-0.2, 0) is 11.3 Å². The first-order valence-corrected chi connectivity index (χ1v) is 8.73. The molecule has 1 unspecified atom stereocenters. The van der Waals surface area contributed by atoms with Gasteiger partial charge in [0.1, 0.15) is 0 Å². The lowest BCUT2D eigenvalue weighted by molar-refractivity contribution is -0.130. The standard InChI is InChI=1S/C17H17F2N5OS/c1-11(23-26-16(25)17(2,18)19)10-24-15-4-3-12(7-13(15)8-22-24)14-9-20-5-6-21-14/h3-9,11,23H,10H2,1-2H3. The molecule has 0 bridgehead atoms. The number of hydrogen-bond donors (Lipinski definition) is 1. The van der Waals surface area contributed by atoms with Gasteiger partial charge in [0.25, 0.3) is 5.12 Å². The van der Waals surface area contributed by atoms with Gasteiger partial charge < -0.3 is 0 Å². The maximum atomic E-state index is 12.9. The fourth-order valence-electron chi connectivity index (χ4n) is 2.38. The van der Waals surface area contributed by atoms with Gasteiger partial charge in [-0.3, -0.25) is 24.2 Å². The third-order valence-corrected chi connectivity index (χ3v) is 4.72. The summed E-state index contributed by atoms with van der Waals surface area (Å²) in [5.74, 6) is -3.35. The van der Waals surface area contributed by atoms with Gasteiger partial charge in [0, 0.05) is 48.3 Å². The minimum atomic E-state index is -3.35. The number of alkyl halides is 2. The van der Waals surface area contributed by atoms with Gasteiger partial charge in [0.2, 0.25) is 0 Å². The molecule has 6 nitrogen and oxygen atoms in total. The molecule has 1 aromatic carbocycles. The molecule has 0 aliphatic carbocycles. The number of nitrogens with one attached hydrogen (secondary N) is 1. The van der Waals surface area contributed by atoms with E-state index in [9.17, 15) is 13.6 Å². The number of halogens is 2. The van der Waals surface area contributed by atoms with Crippen LogP contribution in [0.1, 0.15) is 13.8 Å². The van der Waals surface area contributed by atoms with Crippen molar-refractivity contribution in [2.24, 2.45) is 0 Å². The number of benzene rings is 1. The molecular formula is C17H17F2N5OS. The second-order valence-corrected chi connectivity index (χ2v) is 6.80. The SMILES string of the molecule is CC(Cn1ncc2cc(-c3cnccn3)ccc21)NSC(=O)C(C)(F)F. The molecule has 0 saturated heterocycles. The third-order valence-electron chi connectivity index (χ3n) is 3.66. The molecule has 0 spiro atoms. The highest BCUT2D eigenvalue weighted by Crippen LogP contribution is 2.23. The maximum Gasteiger partial charge on any atom is 0.313 e. The largest absolute Gasteiger partial charge is 0.313 e. The number of nitrogens with zero attached hydrogens (tertiary/aromatic N) is 4. The average Bonchev–Trinajstić information content (AvgIpc) is 3.01. The van der Waals surface area contributed by atoms with Crippen molar-refractivity contribution in [2.75, 3.05) is 0 Å². The van der Waals surface area contributed by atoms with Gasteiger partial charge in [-0.1, -0.05) is 6.07 Å². The Bertz CT molecular complexity index is 910. The molecule has 1 atom stereocenters. The normalized spacial score (nSPS) is 13.1. The van der Waals surface area contributed by atoms with Crippen LogP contribution in [0, 0.1) is 0 Å². The summed E-state index contributed by atoms with van der Waals surface area (Å²) in [7, 11) is 0. The fraction of sp³-hybridized carbons (Fsp3) is 0.294. The van der Waals surface area contributed by atoms with Crippen LogP contribution in [0.3, 0.4) is 0 Å². The summed E-state index contributed by atoms with van der Waals surface area (Å²) >= 11 is 0.423. The lowest BCUT2D eigenvalue weighted by Gasteiger charge is -2.15. The lowest BCUT2D eigenvalue weighted by Crippen LogP contribution is -2.31. The smallest absolute Gasteiger partial charge is 0.279 e. The van der Waals surface area contributed by atoms with E-state index in [4.69, 9.17) is 0 Å². The summed E-state index contributed by atoms with van der Waals surface area (Å²) in [6.45, 7) is 2.82. The summed E-state index contributed by atoms with van der Waals surface area (Å²) in [6, 6.07) is 5.60. The maximum absolute atomic E-state index is 12.9. The van der Waals surface area contributed by atoms with Crippen LogP contribution < -0.4 is 4.72 Å². The molecule has 0 aliphatic rings. The first-order valence-electron chi connectivity index (χ1n) is 7.91. The van der Waals surface area contributed by atoms with E-state index in [0.717, 1.165) is 22.2 Å². The summed E-state index contributed by atoms with van der Waals surface area (Å²) in [6.07, 6.45) is 6.68. The van der Waals surface area contributed by atoms with Crippen LogP contribution >= 0.6 is 11.9 Å². The van der Waals surface area contributed by atoms with E-state index in [1.54, 1.807) is 36.4 Å². The van der Waals surface area contributed by atoms with Crippen LogP contribution in [0.4, 0.5) is 8.78 Å². The summed E-state index contributed by atoms with van der Waals surface area (Å²) in [5, 5.41) is 4.07. The van der Waals surface area contributed by atoms with E-state index in [1.807, 2.05) is 18.2 Å². The zero-order valence-electron chi connectivity index (χ0n) is 14.2. The predicted octanol–water partition coefficient (Wildman–Crippen LogP) is 3.30. The Balaban J connectivity index is 1.70. The molecule has 0 aliphatic heterocycles. The van der Waals surface area contributed by atoms with Gasteiger partial charge in [0.05, 0.1) is 30.1 Å². The number of hydrogen-bond acceptors (Lipinski definition) is 6. The fourth-order valence-corrected chi connectivity index (χ4v) is 2.94. The molecule has 2 heterocycles. The van der Waals surface area contributed by atoms with Crippen LogP contribution in [-0.4, -0.2) is 36.8 Å². The van der Waals surface area contributed by atoms with E-state index in [1.165, 1.54) is 0 Å². The Morgan fingerprint density at radius 1 is 1.35 bits per heavy atom. The number of aromatic nitrogens is 4. The van der Waals surface area contributed by atoms with E-state index < -0.39 is 11.0 Å². The number of fused-ring (bicyclic) bond motifs is 1. The molecule has 3 rings (SSSR count). The van der Waals surface area contributed by atoms with E-state index in [-0.39, 0.29) is 6.04 Å². The minimum Gasteiger partial charge on any atom is -0.279 e. The van der Waals surface area contributed by atoms with Crippen molar-refractivity contribution in [3.63, 3.8) is 0 Å². The Labute approximate surface area is 153 Å². The second-order valence-electron chi connectivity index (χ2n) is 5.99. The molecule has 9 heteroatoms. The van der Waals surface area contributed by atoms with Crippen molar-refractivity contribution in [3.05, 3.63) is 43.0 Å². The van der Waals surface area contributed by atoms with E-state index in [0.29, 0.717) is 25.4 Å². The van der Waals surface area contributed by atoms with Gasteiger partial charge in [0.15, 0.2) is 0 Å². The van der Waals surface area contributed by atoms with Gasteiger partial charge in [-0.25, -0.2) is 0 Å². The van der Waals surface area contributed by atoms with E-state index in [2.05, 4.69) is 19.8 Å². The van der Waals surface area contributed by atoms with Crippen molar-refractivity contribution in [2.45, 2.75) is 32.4 Å². The van der Waals surface area contributed by atoms with E-state index >= 15 is 0 Å². The van der Waals surface area contributed by atoms with Crippen LogP contribution in [0.25, 0.3) is 22.2 Å². The molecule has 26 heavy (non-hydrogen) atoms. The quantitative estimate of drug-likeness (QED) is 0.665. The van der Waals surface area contributed by atoms with Gasteiger partial charge >= 0.3 is 5.92 Å². The van der Waals surface area contributed by atoms with Crippen molar-refractivity contribution in [3.8, 4) is 11.3 Å². The Morgan fingerprint density at radius 2 is 2.15 bits per heavy atom. The number of carbonyl (C=O) groups excluding carboxylic acids is 1. The van der Waals surface area contributed by atoms with Gasteiger partial charge in [-0.05, 0) is 19.1 Å². The van der Waals surface area contributed by atoms with Crippen LogP contribution in [0.5, 0.6) is 0 Å². The first kappa shape index (κ1) is 18.4. The molecule has 3 aromatic rings. The topological polar surface area (TPSA) is 72.7 Å². The van der Waals surface area contributed by atoms with Crippen molar-refractivity contribution < 1.29 is 13.6 Å². The molecule has 0 amide bonds. The third kappa shape index (κ3) is 4.23. The molecule has 136 valence electrons. The van der Waals surface area contributed by atoms with Crippen LogP contribution in [0.2, 0.25) is 0 Å². The zero-order chi connectivity index (χ0) is 18.7. The lowest BCUT2D eigenvalue weighted by atomic mass is 10.1. The summed E-state index contributed by atoms with van der Waals surface area (Å²) < 4.78 is 30.3. The van der Waals surface area contributed by atoms with Gasteiger partial charge in [-0.2, -0.15) is 13.9 Å². The summed E-state index contributed by atoms with van der Waals surface area (Å²) in [5.41, 5.74) is 2.61. The minimum absolute atomic E-state index is 0.228. The van der Waals surface area contributed by atoms with Crippen molar-refractivity contribution >= 4 is 28.0 Å². The molecule has 0 fully saturated rings. The van der Waals surface area contributed by atoms with Crippen LogP contribution in [0.15, 0.2) is 43.0 Å². The predicted molar refractivity (Wildman–Crippen MR) is 96.6 cm³/mol. The molecule has 2 aromatic heterocycles. The molecule has 1 N–H and O–H groups in total. The molecular weight excluding hydrogens is 360 g/mol. The Kier molecular flexibility index (Phi) is 5.28. The highest BCUT2D eigenvalue weighted by Gasteiger charge is 2.32. The highest BCUT2D eigenvalue weighted by molar-refractivity contribution is 8.12. The number of rotatable bonds is 6. The second kappa shape index (κ2) is 7.46. The molecule has 0 radical (unpaired) electrons. The summed E-state index contributed by atoms with van der Waals surface area (Å²) in [4.78, 5) is 19.6. The average molecular weight is 377 g/mol.